The van der Waals surface area contributed by atoms with Gasteiger partial charge in [-0.3, -0.25) is 19.3 Å². The summed E-state index contributed by atoms with van der Waals surface area (Å²) in [6, 6.07) is 5.62. The summed E-state index contributed by atoms with van der Waals surface area (Å²) >= 11 is 0. The van der Waals surface area contributed by atoms with E-state index in [4.69, 9.17) is 0 Å². The van der Waals surface area contributed by atoms with Gasteiger partial charge in [0.25, 0.3) is 0 Å². The average Bonchev–Trinajstić information content (AvgIpc) is 2.72. The van der Waals surface area contributed by atoms with E-state index in [2.05, 4.69) is 0 Å². The van der Waals surface area contributed by atoms with Crippen LogP contribution in [0.15, 0.2) is 18.2 Å². The van der Waals surface area contributed by atoms with Crippen LogP contribution >= 0.6 is 0 Å². The van der Waals surface area contributed by atoms with Crippen LogP contribution in [0.1, 0.15) is 60.0 Å². The van der Waals surface area contributed by atoms with Gasteiger partial charge in [-0.05, 0) is 32.3 Å². The molecule has 0 unspecified atom stereocenters. The fourth-order valence-corrected chi connectivity index (χ4v) is 3.99. The SMILES string of the molecule is Cc1ccc(C(=O)CN2C(=O)CC3(CCCCC3)C2=O)c(C)c1. The van der Waals surface area contributed by atoms with Gasteiger partial charge >= 0.3 is 0 Å². The molecule has 1 aliphatic heterocycles. The van der Waals surface area contributed by atoms with Gasteiger partial charge < -0.3 is 0 Å². The number of imide groups is 1. The van der Waals surface area contributed by atoms with E-state index in [9.17, 15) is 14.4 Å². The van der Waals surface area contributed by atoms with Crippen LogP contribution in [0, 0.1) is 19.3 Å². The zero-order valence-electron chi connectivity index (χ0n) is 13.9. The van der Waals surface area contributed by atoms with Crippen LogP contribution in [-0.4, -0.2) is 29.0 Å². The van der Waals surface area contributed by atoms with Crippen molar-refractivity contribution in [2.24, 2.45) is 5.41 Å². The molecule has 0 bridgehead atoms. The van der Waals surface area contributed by atoms with Crippen molar-refractivity contribution >= 4 is 17.6 Å². The molecule has 2 fully saturated rings. The lowest BCUT2D eigenvalue weighted by Gasteiger charge is -2.30. The van der Waals surface area contributed by atoms with E-state index < -0.39 is 5.41 Å². The van der Waals surface area contributed by atoms with Crippen LogP contribution in [0.5, 0.6) is 0 Å². The smallest absolute Gasteiger partial charge is 0.236 e. The summed E-state index contributed by atoms with van der Waals surface area (Å²) in [7, 11) is 0. The normalized spacial score (nSPS) is 20.3. The molecule has 2 amide bonds. The van der Waals surface area contributed by atoms with Gasteiger partial charge in [0.1, 0.15) is 0 Å². The van der Waals surface area contributed by atoms with E-state index in [0.29, 0.717) is 5.56 Å². The second-order valence-electron chi connectivity index (χ2n) is 7.04. The molecule has 0 N–H and O–H groups in total. The van der Waals surface area contributed by atoms with Gasteiger partial charge in [0.15, 0.2) is 5.78 Å². The van der Waals surface area contributed by atoms with Crippen molar-refractivity contribution in [3.8, 4) is 0 Å². The van der Waals surface area contributed by atoms with Crippen molar-refractivity contribution in [3.05, 3.63) is 34.9 Å². The highest BCUT2D eigenvalue weighted by atomic mass is 16.2. The molecule has 122 valence electrons. The van der Waals surface area contributed by atoms with Gasteiger partial charge in [-0.1, -0.05) is 43.0 Å². The van der Waals surface area contributed by atoms with E-state index in [1.807, 2.05) is 26.0 Å². The Balaban J connectivity index is 1.78. The Morgan fingerprint density at radius 3 is 2.48 bits per heavy atom. The van der Waals surface area contributed by atoms with E-state index >= 15 is 0 Å². The van der Waals surface area contributed by atoms with Gasteiger partial charge in [-0.25, -0.2) is 0 Å². The molecule has 4 nitrogen and oxygen atoms in total. The second kappa shape index (κ2) is 5.91. The highest BCUT2D eigenvalue weighted by Gasteiger charge is 2.51. The Hall–Kier alpha value is -1.97. The molecule has 1 saturated heterocycles. The molecule has 1 aromatic rings. The summed E-state index contributed by atoms with van der Waals surface area (Å²) in [5.74, 6) is -0.465. The van der Waals surface area contributed by atoms with Crippen LogP contribution in [0.2, 0.25) is 0 Å². The molecule has 23 heavy (non-hydrogen) atoms. The molecule has 4 heteroatoms. The van der Waals surface area contributed by atoms with Crippen LogP contribution < -0.4 is 0 Å². The number of amides is 2. The number of aryl methyl sites for hydroxylation is 2. The molecule has 1 heterocycles. The number of carbonyl (C=O) groups excluding carboxylic acids is 3. The summed E-state index contributed by atoms with van der Waals surface area (Å²) in [5.41, 5.74) is 2.06. The zero-order valence-corrected chi connectivity index (χ0v) is 13.9. The predicted octanol–water partition coefficient (Wildman–Crippen LogP) is 3.20. The molecule has 1 spiro atoms. The van der Waals surface area contributed by atoms with Crippen LogP contribution in [0.25, 0.3) is 0 Å². The molecule has 2 aliphatic rings. The molecule has 0 aromatic heterocycles. The molecule has 0 atom stereocenters. The molecule has 1 saturated carbocycles. The molecular formula is C19H23NO3. The summed E-state index contributed by atoms with van der Waals surface area (Å²) in [4.78, 5) is 38.8. The molecule has 1 aliphatic carbocycles. The topological polar surface area (TPSA) is 54.5 Å². The first-order chi connectivity index (χ1) is 10.9. The largest absolute Gasteiger partial charge is 0.292 e. The lowest BCUT2D eigenvalue weighted by Crippen LogP contribution is -2.39. The van der Waals surface area contributed by atoms with Crippen molar-refractivity contribution in [3.63, 3.8) is 0 Å². The van der Waals surface area contributed by atoms with E-state index in [-0.39, 0.29) is 30.6 Å². The maximum atomic E-state index is 12.8. The number of ketones is 1. The number of hydrogen-bond donors (Lipinski definition) is 0. The third-order valence-corrected chi connectivity index (χ3v) is 5.28. The number of hydrogen-bond acceptors (Lipinski definition) is 3. The van der Waals surface area contributed by atoms with Gasteiger partial charge in [0, 0.05) is 12.0 Å². The number of Topliss-reactive ketones (excluding diaryl/α,β-unsaturated/α-hetero) is 1. The van der Waals surface area contributed by atoms with Crippen molar-refractivity contribution in [1.82, 2.24) is 4.90 Å². The maximum Gasteiger partial charge on any atom is 0.236 e. The molecule has 1 aromatic carbocycles. The van der Waals surface area contributed by atoms with E-state index in [0.717, 1.165) is 43.2 Å². The minimum atomic E-state index is -0.516. The highest BCUT2D eigenvalue weighted by molar-refractivity contribution is 6.10. The number of benzene rings is 1. The zero-order chi connectivity index (χ0) is 16.6. The maximum absolute atomic E-state index is 12.8. The van der Waals surface area contributed by atoms with Crippen molar-refractivity contribution in [2.75, 3.05) is 6.54 Å². The Labute approximate surface area is 136 Å². The molecular weight excluding hydrogens is 290 g/mol. The summed E-state index contributed by atoms with van der Waals surface area (Å²) in [5, 5.41) is 0. The van der Waals surface area contributed by atoms with Gasteiger partial charge in [-0.2, -0.15) is 0 Å². The van der Waals surface area contributed by atoms with Crippen molar-refractivity contribution in [1.29, 1.82) is 0 Å². The lowest BCUT2D eigenvalue weighted by atomic mass is 9.73. The fourth-order valence-electron chi connectivity index (χ4n) is 3.99. The van der Waals surface area contributed by atoms with Crippen LogP contribution in [0.3, 0.4) is 0 Å². The average molecular weight is 313 g/mol. The van der Waals surface area contributed by atoms with Gasteiger partial charge in [-0.15, -0.1) is 0 Å². The Kier molecular flexibility index (Phi) is 4.09. The van der Waals surface area contributed by atoms with Crippen molar-refractivity contribution in [2.45, 2.75) is 52.4 Å². The van der Waals surface area contributed by atoms with Crippen molar-refractivity contribution < 1.29 is 14.4 Å². The Morgan fingerprint density at radius 1 is 1.13 bits per heavy atom. The minimum Gasteiger partial charge on any atom is -0.292 e. The monoisotopic (exact) mass is 313 g/mol. The quantitative estimate of drug-likeness (QED) is 0.636. The standard InChI is InChI=1S/C19H23NO3/c1-13-6-7-15(14(2)10-13)16(21)12-20-17(22)11-19(18(20)23)8-4-3-5-9-19/h6-7,10H,3-5,8-9,11-12H2,1-2H3. The van der Waals surface area contributed by atoms with E-state index in [1.54, 1.807) is 6.07 Å². The number of carbonyl (C=O) groups is 3. The third kappa shape index (κ3) is 2.82. The minimum absolute atomic E-state index is 0.122. The number of rotatable bonds is 3. The third-order valence-electron chi connectivity index (χ3n) is 5.28. The van der Waals surface area contributed by atoms with Crippen LogP contribution in [-0.2, 0) is 9.59 Å². The summed E-state index contributed by atoms with van der Waals surface area (Å²) in [6.45, 7) is 3.74. The fraction of sp³-hybridized carbons (Fsp3) is 0.526. The first kappa shape index (κ1) is 15.9. The first-order valence-electron chi connectivity index (χ1n) is 8.38. The molecule has 0 radical (unpaired) electrons. The molecule has 3 rings (SSSR count). The highest BCUT2D eigenvalue weighted by Crippen LogP contribution is 2.45. The van der Waals surface area contributed by atoms with E-state index in [1.165, 1.54) is 4.90 Å². The van der Waals surface area contributed by atoms with Crippen LogP contribution in [0.4, 0.5) is 0 Å². The Bertz CT molecular complexity index is 671. The second-order valence-corrected chi connectivity index (χ2v) is 7.04. The van der Waals surface area contributed by atoms with Gasteiger partial charge in [0.05, 0.1) is 12.0 Å². The predicted molar refractivity (Wildman–Crippen MR) is 87.1 cm³/mol. The number of nitrogens with zero attached hydrogens (tertiary/aromatic N) is 1. The summed E-state index contributed by atoms with van der Waals surface area (Å²) < 4.78 is 0. The first-order valence-corrected chi connectivity index (χ1v) is 8.38. The summed E-state index contributed by atoms with van der Waals surface area (Å²) in [6.07, 6.45) is 4.98. The Morgan fingerprint density at radius 2 is 1.83 bits per heavy atom. The number of likely N-dealkylation sites (tertiary alicyclic amines) is 1. The van der Waals surface area contributed by atoms with Gasteiger partial charge in [0.2, 0.25) is 11.8 Å². The lowest BCUT2D eigenvalue weighted by molar-refractivity contribution is -0.141.